The van der Waals surface area contributed by atoms with Gasteiger partial charge in [0.2, 0.25) is 11.8 Å². The van der Waals surface area contributed by atoms with Gasteiger partial charge in [-0.3, -0.25) is 9.78 Å². The van der Waals surface area contributed by atoms with E-state index in [2.05, 4.69) is 25.6 Å². The Kier molecular flexibility index (Phi) is 6.94. The van der Waals surface area contributed by atoms with E-state index in [0.717, 1.165) is 52.9 Å². The Morgan fingerprint density at radius 1 is 1.18 bits per heavy atom. The molecule has 8 nitrogen and oxygen atoms in total. The summed E-state index contributed by atoms with van der Waals surface area (Å²) in [7, 11) is 1.60. The molecule has 0 radical (unpaired) electrons. The molecule has 3 aromatic rings. The number of aliphatic hydroxyl groups is 1. The van der Waals surface area contributed by atoms with Crippen LogP contribution in [-0.4, -0.2) is 51.0 Å². The van der Waals surface area contributed by atoms with Crippen molar-refractivity contribution in [3.8, 4) is 5.88 Å². The van der Waals surface area contributed by atoms with E-state index in [9.17, 15) is 9.90 Å². The van der Waals surface area contributed by atoms with E-state index in [1.807, 2.05) is 24.3 Å². The molecular formula is C25H29N5O3S. The van der Waals surface area contributed by atoms with Crippen molar-refractivity contribution in [2.24, 2.45) is 5.92 Å². The number of methoxy groups -OCH3 is 1. The van der Waals surface area contributed by atoms with Crippen LogP contribution in [0.2, 0.25) is 0 Å². The lowest BCUT2D eigenvalue weighted by Gasteiger charge is -2.32. The van der Waals surface area contributed by atoms with Gasteiger partial charge >= 0.3 is 0 Å². The molecule has 3 N–H and O–H groups in total. The van der Waals surface area contributed by atoms with Gasteiger partial charge in [0.25, 0.3) is 0 Å². The van der Waals surface area contributed by atoms with Gasteiger partial charge in [-0.25, -0.2) is 9.97 Å². The minimum absolute atomic E-state index is 0.00155. The molecule has 3 aromatic heterocycles. The van der Waals surface area contributed by atoms with Crippen LogP contribution in [0.4, 0.5) is 5.82 Å². The Balaban J connectivity index is 1.14. The lowest BCUT2D eigenvalue weighted by molar-refractivity contribution is -0.113. The first-order chi connectivity index (χ1) is 16.6. The van der Waals surface area contributed by atoms with Crippen LogP contribution in [-0.2, 0) is 17.8 Å². The maximum Gasteiger partial charge on any atom is 0.235 e. The molecule has 4 heterocycles. The number of aliphatic hydroxyl groups excluding tert-OH is 1. The third kappa shape index (κ3) is 5.16. The van der Waals surface area contributed by atoms with Crippen molar-refractivity contribution in [2.45, 2.75) is 55.7 Å². The molecule has 34 heavy (non-hydrogen) atoms. The first-order valence-corrected chi connectivity index (χ1v) is 12.7. The fraction of sp³-hybridized carbons (Fsp3) is 0.440. The molecular weight excluding hydrogens is 450 g/mol. The van der Waals surface area contributed by atoms with Gasteiger partial charge in [0, 0.05) is 31.3 Å². The van der Waals surface area contributed by atoms with Crippen LogP contribution in [0.5, 0.6) is 5.88 Å². The van der Waals surface area contributed by atoms with Crippen LogP contribution in [0.25, 0.3) is 11.0 Å². The molecule has 0 spiro atoms. The minimum atomic E-state index is -0.414. The average Bonchev–Trinajstić information content (AvgIpc) is 2.87. The van der Waals surface area contributed by atoms with Gasteiger partial charge in [0.1, 0.15) is 5.82 Å². The molecule has 5 rings (SSSR count). The normalized spacial score (nSPS) is 21.1. The first-order valence-electron chi connectivity index (χ1n) is 11.7. The van der Waals surface area contributed by atoms with Crippen molar-refractivity contribution in [1.29, 1.82) is 0 Å². The number of thioether (sulfide) groups is 1. The number of nitrogens with zero attached hydrogens (tertiary/aromatic N) is 3. The fourth-order valence-electron chi connectivity index (χ4n) is 4.79. The molecule has 0 unspecified atom stereocenters. The van der Waals surface area contributed by atoms with Gasteiger partial charge in [-0.1, -0.05) is 0 Å². The summed E-state index contributed by atoms with van der Waals surface area (Å²) in [6.45, 7) is 0.669. The molecule has 0 aromatic carbocycles. The van der Waals surface area contributed by atoms with Crippen LogP contribution in [0.15, 0.2) is 41.4 Å². The lowest BCUT2D eigenvalue weighted by Crippen LogP contribution is -2.36. The predicted molar refractivity (Wildman–Crippen MR) is 132 cm³/mol. The molecule has 178 valence electrons. The zero-order chi connectivity index (χ0) is 23.5. The maximum absolute atomic E-state index is 11.6. The molecule has 1 aliphatic carbocycles. The number of carbonyl (C=O) groups is 1. The van der Waals surface area contributed by atoms with Crippen LogP contribution in [0, 0.1) is 5.92 Å². The SMILES string of the molecule is COc1ccc2nccc(C[C@H](O)C3CCC(NCc4ccc5c(n4)NC(=O)CS5)CC3)c2n1. The third-order valence-electron chi connectivity index (χ3n) is 6.70. The van der Waals surface area contributed by atoms with Gasteiger partial charge in [0.05, 0.1) is 40.6 Å². The van der Waals surface area contributed by atoms with Crippen LogP contribution >= 0.6 is 11.8 Å². The average molecular weight is 480 g/mol. The number of pyridine rings is 3. The molecule has 9 heteroatoms. The van der Waals surface area contributed by atoms with E-state index in [0.29, 0.717) is 36.5 Å². The Morgan fingerprint density at radius 2 is 2.03 bits per heavy atom. The molecule has 1 fully saturated rings. The smallest absolute Gasteiger partial charge is 0.235 e. The zero-order valence-electron chi connectivity index (χ0n) is 19.2. The second kappa shape index (κ2) is 10.2. The van der Waals surface area contributed by atoms with E-state index in [4.69, 9.17) is 4.74 Å². The number of fused-ring (bicyclic) bond motifs is 2. The maximum atomic E-state index is 11.6. The quantitative estimate of drug-likeness (QED) is 0.474. The predicted octanol–water partition coefficient (Wildman–Crippen LogP) is 3.33. The van der Waals surface area contributed by atoms with Gasteiger partial charge in [-0.2, -0.15) is 0 Å². The van der Waals surface area contributed by atoms with Crippen LogP contribution < -0.4 is 15.4 Å². The van der Waals surface area contributed by atoms with E-state index < -0.39 is 6.10 Å². The van der Waals surface area contributed by atoms with Crippen molar-refractivity contribution < 1.29 is 14.6 Å². The number of nitrogens with one attached hydrogen (secondary N) is 2. The summed E-state index contributed by atoms with van der Waals surface area (Å²) in [5.41, 5.74) is 3.53. The summed E-state index contributed by atoms with van der Waals surface area (Å²) in [6.07, 6.45) is 5.91. The summed E-state index contributed by atoms with van der Waals surface area (Å²) in [5.74, 6) is 1.94. The molecule has 2 aliphatic rings. The van der Waals surface area contributed by atoms with E-state index >= 15 is 0 Å². The van der Waals surface area contributed by atoms with Crippen molar-refractivity contribution in [2.75, 3.05) is 18.2 Å². The van der Waals surface area contributed by atoms with Crippen molar-refractivity contribution >= 4 is 34.5 Å². The van der Waals surface area contributed by atoms with E-state index in [1.165, 1.54) is 11.8 Å². The number of amides is 1. The second-order valence-electron chi connectivity index (χ2n) is 8.94. The highest BCUT2D eigenvalue weighted by atomic mass is 32.2. The number of hydrogen-bond acceptors (Lipinski definition) is 8. The van der Waals surface area contributed by atoms with Gasteiger partial charge in [-0.05, 0) is 61.4 Å². The molecule has 0 bridgehead atoms. The Morgan fingerprint density at radius 3 is 2.85 bits per heavy atom. The van der Waals surface area contributed by atoms with E-state index in [1.54, 1.807) is 19.4 Å². The van der Waals surface area contributed by atoms with Crippen LogP contribution in [0.1, 0.15) is 36.9 Å². The van der Waals surface area contributed by atoms with Crippen LogP contribution in [0.3, 0.4) is 0 Å². The molecule has 1 saturated carbocycles. The highest BCUT2D eigenvalue weighted by molar-refractivity contribution is 8.00. The Hall–Kier alpha value is -2.75. The Bertz CT molecular complexity index is 1180. The number of carbonyl (C=O) groups excluding carboxylic acids is 1. The number of aromatic nitrogens is 3. The van der Waals surface area contributed by atoms with Gasteiger partial charge in [0.15, 0.2) is 0 Å². The molecule has 0 saturated heterocycles. The number of rotatable bonds is 7. The summed E-state index contributed by atoms with van der Waals surface area (Å²) in [5, 5.41) is 17.5. The van der Waals surface area contributed by atoms with Crippen molar-refractivity contribution in [3.05, 3.63) is 47.8 Å². The van der Waals surface area contributed by atoms with Gasteiger partial charge in [-0.15, -0.1) is 11.8 Å². The minimum Gasteiger partial charge on any atom is -0.481 e. The molecule has 1 atom stereocenters. The summed E-state index contributed by atoms with van der Waals surface area (Å²) < 4.78 is 5.27. The number of hydrogen-bond donors (Lipinski definition) is 3. The number of ether oxygens (including phenoxy) is 1. The monoisotopic (exact) mass is 479 g/mol. The lowest BCUT2D eigenvalue weighted by atomic mass is 9.81. The molecule has 1 amide bonds. The Labute approximate surface area is 202 Å². The second-order valence-corrected chi connectivity index (χ2v) is 9.96. The standard InChI is InChI=1S/C25H29N5O3S/c1-33-23-9-7-19-24(30-23)16(10-11-26-19)12-20(31)15-2-4-17(5-3-15)27-13-18-6-8-21-25(28-18)29-22(32)14-34-21/h6-11,15,17,20,27,31H,2-5,12-14H2,1H3,(H,28,29,32)/t15?,17?,20-/m0/s1. The van der Waals surface area contributed by atoms with Crippen molar-refractivity contribution in [3.63, 3.8) is 0 Å². The van der Waals surface area contributed by atoms with E-state index in [-0.39, 0.29) is 11.8 Å². The summed E-state index contributed by atoms with van der Waals surface area (Å²) >= 11 is 1.53. The first kappa shape index (κ1) is 23.0. The largest absolute Gasteiger partial charge is 0.481 e. The highest BCUT2D eigenvalue weighted by Crippen LogP contribution is 2.31. The highest BCUT2D eigenvalue weighted by Gasteiger charge is 2.27. The third-order valence-corrected chi connectivity index (χ3v) is 7.75. The zero-order valence-corrected chi connectivity index (χ0v) is 20.0. The summed E-state index contributed by atoms with van der Waals surface area (Å²) in [6, 6.07) is 10.1. The van der Waals surface area contributed by atoms with Crippen molar-refractivity contribution in [1.82, 2.24) is 20.3 Å². The fourth-order valence-corrected chi connectivity index (χ4v) is 5.55. The van der Waals surface area contributed by atoms with Gasteiger partial charge < -0.3 is 20.5 Å². The summed E-state index contributed by atoms with van der Waals surface area (Å²) in [4.78, 5) is 26.2. The number of anilines is 1. The molecule has 1 aliphatic heterocycles. The topological polar surface area (TPSA) is 109 Å².